The van der Waals surface area contributed by atoms with E-state index in [1.807, 2.05) is 24.2 Å². The lowest BCUT2D eigenvalue weighted by molar-refractivity contribution is 0.509. The number of hydrogen-bond donors (Lipinski definition) is 1. The second-order valence-electron chi connectivity index (χ2n) is 4.51. The molecule has 0 saturated heterocycles. The highest BCUT2D eigenvalue weighted by atomic mass is 32.2. The summed E-state index contributed by atoms with van der Waals surface area (Å²) in [5, 5.41) is 5.29. The van der Waals surface area contributed by atoms with Crippen LogP contribution in [0.5, 0.6) is 0 Å². The third-order valence-electron chi connectivity index (χ3n) is 3.36. The zero-order valence-corrected chi connectivity index (χ0v) is 11.0. The number of hydrogen-bond acceptors (Lipinski definition) is 3. The van der Waals surface area contributed by atoms with Gasteiger partial charge >= 0.3 is 0 Å². The summed E-state index contributed by atoms with van der Waals surface area (Å²) in [7, 11) is 4.16. The minimum Gasteiger partial charge on any atom is -0.329 e. The zero-order chi connectivity index (χ0) is 11.4. The van der Waals surface area contributed by atoms with Crippen molar-refractivity contribution < 1.29 is 0 Å². The fourth-order valence-electron chi connectivity index (χ4n) is 2.35. The van der Waals surface area contributed by atoms with Crippen molar-refractivity contribution in [2.45, 2.75) is 48.6 Å². The molecule has 4 heteroatoms. The van der Waals surface area contributed by atoms with Gasteiger partial charge in [0.2, 0.25) is 0 Å². The maximum absolute atomic E-state index is 4.41. The molecule has 2 rings (SSSR count). The third-order valence-corrected chi connectivity index (χ3v) is 4.83. The first-order chi connectivity index (χ1) is 7.81. The van der Waals surface area contributed by atoms with E-state index in [-0.39, 0.29) is 0 Å². The molecule has 2 unspecified atom stereocenters. The molecule has 2 atom stereocenters. The van der Waals surface area contributed by atoms with Gasteiger partial charge in [0.15, 0.2) is 5.16 Å². The highest BCUT2D eigenvalue weighted by Crippen LogP contribution is 2.31. The normalized spacial score (nSPS) is 26.6. The van der Waals surface area contributed by atoms with Gasteiger partial charge in [0, 0.05) is 30.7 Å². The fraction of sp³-hybridized carbons (Fsp3) is 0.750. The molecule has 1 aromatic rings. The second kappa shape index (κ2) is 5.73. The van der Waals surface area contributed by atoms with Crippen LogP contribution in [-0.4, -0.2) is 27.9 Å². The van der Waals surface area contributed by atoms with E-state index < -0.39 is 0 Å². The molecule has 0 radical (unpaired) electrons. The summed E-state index contributed by atoms with van der Waals surface area (Å²) in [6, 6.07) is 0.643. The van der Waals surface area contributed by atoms with Crippen LogP contribution in [-0.2, 0) is 7.05 Å². The Bertz CT molecular complexity index is 324. The molecule has 0 bridgehead atoms. The van der Waals surface area contributed by atoms with Crippen LogP contribution in [0.4, 0.5) is 0 Å². The SMILES string of the molecule is CNC1CCCCCC1Sc1nccn1C. The Labute approximate surface area is 102 Å². The Morgan fingerprint density at radius 2 is 2.19 bits per heavy atom. The lowest BCUT2D eigenvalue weighted by Gasteiger charge is -2.23. The lowest BCUT2D eigenvalue weighted by Crippen LogP contribution is -2.34. The monoisotopic (exact) mass is 239 g/mol. The number of imidazole rings is 1. The number of nitrogens with zero attached hydrogens (tertiary/aromatic N) is 2. The fourth-order valence-corrected chi connectivity index (χ4v) is 3.69. The summed E-state index contributed by atoms with van der Waals surface area (Å²) in [6.07, 6.45) is 10.6. The second-order valence-corrected chi connectivity index (χ2v) is 5.72. The summed E-state index contributed by atoms with van der Waals surface area (Å²) in [4.78, 5) is 4.41. The Kier molecular flexibility index (Phi) is 4.29. The molecule has 0 aliphatic heterocycles. The first-order valence-corrected chi connectivity index (χ1v) is 7.00. The Morgan fingerprint density at radius 3 is 2.88 bits per heavy atom. The zero-order valence-electron chi connectivity index (χ0n) is 10.1. The van der Waals surface area contributed by atoms with Gasteiger partial charge in [0.25, 0.3) is 0 Å². The van der Waals surface area contributed by atoms with Crippen LogP contribution in [0.25, 0.3) is 0 Å². The molecular weight excluding hydrogens is 218 g/mol. The predicted octanol–water partition coefficient (Wildman–Crippen LogP) is 2.43. The first-order valence-electron chi connectivity index (χ1n) is 6.12. The molecule has 1 heterocycles. The molecule has 0 amide bonds. The first kappa shape index (κ1) is 12.0. The summed E-state index contributed by atoms with van der Waals surface area (Å²) in [6.45, 7) is 0. The summed E-state index contributed by atoms with van der Waals surface area (Å²) >= 11 is 1.93. The molecule has 1 saturated carbocycles. The molecule has 1 aliphatic rings. The molecule has 1 fully saturated rings. The van der Waals surface area contributed by atoms with Gasteiger partial charge < -0.3 is 9.88 Å². The maximum atomic E-state index is 4.41. The van der Waals surface area contributed by atoms with Crippen LogP contribution in [0.2, 0.25) is 0 Å². The number of aromatic nitrogens is 2. The van der Waals surface area contributed by atoms with Gasteiger partial charge in [-0.2, -0.15) is 0 Å². The van der Waals surface area contributed by atoms with Crippen molar-refractivity contribution in [1.82, 2.24) is 14.9 Å². The van der Waals surface area contributed by atoms with Gasteiger partial charge in [-0.15, -0.1) is 0 Å². The van der Waals surface area contributed by atoms with Gasteiger partial charge in [0.05, 0.1) is 0 Å². The van der Waals surface area contributed by atoms with E-state index in [9.17, 15) is 0 Å². The number of rotatable bonds is 3. The Morgan fingerprint density at radius 1 is 1.38 bits per heavy atom. The van der Waals surface area contributed by atoms with Crippen molar-refractivity contribution in [3.63, 3.8) is 0 Å². The van der Waals surface area contributed by atoms with E-state index in [0.29, 0.717) is 11.3 Å². The maximum Gasteiger partial charge on any atom is 0.167 e. The highest BCUT2D eigenvalue weighted by Gasteiger charge is 2.24. The van der Waals surface area contributed by atoms with Crippen LogP contribution in [0.3, 0.4) is 0 Å². The number of aryl methyl sites for hydroxylation is 1. The van der Waals surface area contributed by atoms with Crippen molar-refractivity contribution in [2.75, 3.05) is 7.05 Å². The molecular formula is C12H21N3S. The molecule has 3 nitrogen and oxygen atoms in total. The van der Waals surface area contributed by atoms with E-state index in [0.717, 1.165) is 5.16 Å². The number of thioether (sulfide) groups is 1. The summed E-state index contributed by atoms with van der Waals surface area (Å²) in [5.41, 5.74) is 0. The van der Waals surface area contributed by atoms with Crippen LogP contribution < -0.4 is 5.32 Å². The van der Waals surface area contributed by atoms with Crippen molar-refractivity contribution in [1.29, 1.82) is 0 Å². The van der Waals surface area contributed by atoms with Crippen LogP contribution in [0, 0.1) is 0 Å². The van der Waals surface area contributed by atoms with E-state index in [4.69, 9.17) is 0 Å². The predicted molar refractivity (Wildman–Crippen MR) is 68.8 cm³/mol. The van der Waals surface area contributed by atoms with Gasteiger partial charge in [-0.25, -0.2) is 4.98 Å². The van der Waals surface area contributed by atoms with Crippen LogP contribution in [0.1, 0.15) is 32.1 Å². The quantitative estimate of drug-likeness (QED) is 0.822. The molecule has 1 aromatic heterocycles. The third kappa shape index (κ3) is 2.80. The van der Waals surface area contributed by atoms with Gasteiger partial charge in [-0.3, -0.25) is 0 Å². The molecule has 90 valence electrons. The standard InChI is InChI=1S/C12H21N3S/c1-13-10-6-4-3-5-7-11(10)16-12-14-8-9-15(12)2/h8-11,13H,3-7H2,1-2H3. The van der Waals surface area contributed by atoms with Crippen molar-refractivity contribution in [3.05, 3.63) is 12.4 Å². The van der Waals surface area contributed by atoms with Crippen molar-refractivity contribution >= 4 is 11.8 Å². The van der Waals surface area contributed by atoms with Crippen molar-refractivity contribution in [3.8, 4) is 0 Å². The Balaban J connectivity index is 2.03. The van der Waals surface area contributed by atoms with E-state index in [1.54, 1.807) is 0 Å². The molecule has 1 aliphatic carbocycles. The minimum absolute atomic E-state index is 0.643. The Hall–Kier alpha value is -0.480. The molecule has 16 heavy (non-hydrogen) atoms. The summed E-state index contributed by atoms with van der Waals surface area (Å²) in [5.74, 6) is 0. The molecule has 1 N–H and O–H groups in total. The van der Waals surface area contributed by atoms with E-state index >= 15 is 0 Å². The smallest absolute Gasteiger partial charge is 0.167 e. The van der Waals surface area contributed by atoms with E-state index in [2.05, 4.69) is 29.0 Å². The lowest BCUT2D eigenvalue weighted by atomic mass is 10.1. The summed E-state index contributed by atoms with van der Waals surface area (Å²) < 4.78 is 2.11. The number of nitrogens with one attached hydrogen (secondary N) is 1. The van der Waals surface area contributed by atoms with Gasteiger partial charge in [0.1, 0.15) is 0 Å². The molecule has 0 spiro atoms. The van der Waals surface area contributed by atoms with Gasteiger partial charge in [-0.05, 0) is 19.9 Å². The van der Waals surface area contributed by atoms with Crippen LogP contribution >= 0.6 is 11.8 Å². The van der Waals surface area contributed by atoms with Gasteiger partial charge in [-0.1, -0.05) is 31.0 Å². The van der Waals surface area contributed by atoms with Crippen molar-refractivity contribution in [2.24, 2.45) is 7.05 Å². The van der Waals surface area contributed by atoms with Crippen LogP contribution in [0.15, 0.2) is 17.6 Å². The molecule has 0 aromatic carbocycles. The minimum atomic E-state index is 0.643. The van der Waals surface area contributed by atoms with E-state index in [1.165, 1.54) is 32.1 Å². The average molecular weight is 239 g/mol. The largest absolute Gasteiger partial charge is 0.329 e. The highest BCUT2D eigenvalue weighted by molar-refractivity contribution is 7.99. The average Bonchev–Trinajstić information content (AvgIpc) is 2.56. The topological polar surface area (TPSA) is 29.9 Å².